The molecule has 2 aromatic rings. The van der Waals surface area contributed by atoms with Gasteiger partial charge in [-0.15, -0.1) is 5.43 Å². The second-order valence-electron chi connectivity index (χ2n) is 6.99. The first-order chi connectivity index (χ1) is 18.7. The van der Waals surface area contributed by atoms with Gasteiger partial charge >= 0.3 is 18.5 Å². The van der Waals surface area contributed by atoms with Gasteiger partial charge in [0, 0.05) is 10.8 Å². The van der Waals surface area contributed by atoms with Crippen LogP contribution in [0.4, 0.5) is 39.5 Å². The number of H-pyrrole nitrogens is 1. The molecule has 0 unspecified atom stereocenters. The summed E-state index contributed by atoms with van der Waals surface area (Å²) >= 11 is 0. The number of aromatic nitrogens is 2. The van der Waals surface area contributed by atoms with Gasteiger partial charge in [0.2, 0.25) is 6.33 Å². The average Bonchev–Trinajstić information content (AvgIpc) is 3.52. The molecule has 1 aromatic carbocycles. The molecule has 0 fully saturated rings. The van der Waals surface area contributed by atoms with E-state index in [1.807, 2.05) is 24.7 Å². The second-order valence-corrected chi connectivity index (χ2v) is 6.99. The number of hydrogen-bond donors (Lipinski definition) is 3. The number of aliphatic carboxylic acids is 3. The van der Waals surface area contributed by atoms with Crippen molar-refractivity contribution in [3.05, 3.63) is 53.6 Å². The number of carboxylic acid groups (broad SMARTS) is 3. The zero-order chi connectivity index (χ0) is 32.0. The van der Waals surface area contributed by atoms with Gasteiger partial charge in [-0.2, -0.15) is 39.5 Å². The number of rotatable bonds is 5. The smallest absolute Gasteiger partial charge is 0.430 e. The summed E-state index contributed by atoms with van der Waals surface area (Å²) in [5.74, 6) is -8.21. The molecule has 0 amide bonds. The minimum atomic E-state index is -5.19. The van der Waals surface area contributed by atoms with Crippen LogP contribution in [-0.2, 0) is 27.3 Å². The van der Waals surface area contributed by atoms with Crippen molar-refractivity contribution in [2.75, 3.05) is 6.54 Å². The molecule has 41 heavy (non-hydrogen) atoms. The van der Waals surface area contributed by atoms with Gasteiger partial charge < -0.3 is 35.4 Å². The van der Waals surface area contributed by atoms with E-state index in [1.165, 1.54) is 11.3 Å². The molecule has 0 aliphatic carbocycles. The summed E-state index contributed by atoms with van der Waals surface area (Å²) in [6, 6.07) is 8.20. The summed E-state index contributed by atoms with van der Waals surface area (Å²) in [5, 5.41) is 37.9. The maximum Gasteiger partial charge on any atom is 0.430 e. The molecule has 0 bridgehead atoms. The van der Waals surface area contributed by atoms with Crippen LogP contribution in [0.1, 0.15) is 16.8 Å². The third-order valence-electron chi connectivity index (χ3n) is 3.99. The molecule has 22 heteroatoms. The summed E-state index contributed by atoms with van der Waals surface area (Å²) in [7, 11) is 0. The van der Waals surface area contributed by atoms with Crippen molar-refractivity contribution < 1.29 is 84.9 Å². The predicted octanol–water partition coefficient (Wildman–Crippen LogP) is -3.36. The number of nitrogens with two attached hydrogens (primary N) is 1. The third kappa shape index (κ3) is 14.4. The normalized spacial score (nSPS) is 12.5. The van der Waals surface area contributed by atoms with Crippen LogP contribution in [0.25, 0.3) is 0 Å². The topological polar surface area (TPSA) is 221 Å². The molecule has 13 nitrogen and oxygen atoms in total. The monoisotopic (exact) mass is 611 g/mol. The predicted molar refractivity (Wildman–Crippen MR) is 104 cm³/mol. The molecule has 228 valence electrons. The van der Waals surface area contributed by atoms with E-state index in [0.29, 0.717) is 0 Å². The summed E-state index contributed by atoms with van der Waals surface area (Å²) in [5.41, 5.74) is 9.13. The fourth-order valence-electron chi connectivity index (χ4n) is 2.33. The van der Waals surface area contributed by atoms with Crippen molar-refractivity contribution in [3.63, 3.8) is 0 Å². The van der Waals surface area contributed by atoms with Crippen molar-refractivity contribution in [1.29, 1.82) is 0 Å². The van der Waals surface area contributed by atoms with Crippen molar-refractivity contribution in [2.24, 2.45) is 15.5 Å². The van der Waals surface area contributed by atoms with E-state index in [1.54, 1.807) is 5.43 Å². The molecule has 0 atom stereocenters. The van der Waals surface area contributed by atoms with E-state index in [0.717, 1.165) is 30.9 Å². The molecular formula is C19H18F9N7O6. The van der Waals surface area contributed by atoms with Crippen LogP contribution in [0.3, 0.4) is 0 Å². The Balaban J connectivity index is 0.000000631. The number of benzene rings is 1. The Kier molecular flexibility index (Phi) is 14.1. The maximum absolute atomic E-state index is 10.5. The lowest BCUT2D eigenvalue weighted by molar-refractivity contribution is -0.695. The van der Waals surface area contributed by atoms with Crippen LogP contribution in [0.5, 0.6) is 0 Å². The highest BCUT2D eigenvalue weighted by atomic mass is 19.4. The highest BCUT2D eigenvalue weighted by Gasteiger charge is 2.30. The van der Waals surface area contributed by atoms with Gasteiger partial charge in [0.1, 0.15) is 36.3 Å². The number of quaternary nitrogens is 2. The Labute approximate surface area is 221 Å². The summed E-state index contributed by atoms with van der Waals surface area (Å²) < 4.78 is 96.8. The third-order valence-corrected chi connectivity index (χ3v) is 3.99. The number of aromatic amines is 1. The maximum atomic E-state index is 10.5. The van der Waals surface area contributed by atoms with Crippen LogP contribution in [0.15, 0.2) is 52.3 Å². The largest absolute Gasteiger partial charge is 0.542 e. The number of amidine groups is 1. The van der Waals surface area contributed by atoms with Gasteiger partial charge in [-0.1, -0.05) is 23.3 Å². The number of alkyl halides is 9. The standard InChI is InChI=1S/C13H15N7.3C2HF3O2/c14-6-5-11-7-15-9-20(11)8-10-3-1-2-4-12(10)13-16-18-19-17-13;3*3-2(4,5)1(6)7/h1-4,7,9H,5-6,8,14H2,(H,16,17,18,19);3*(H,6,7). The van der Waals surface area contributed by atoms with E-state index < -0.39 is 36.4 Å². The quantitative estimate of drug-likeness (QED) is 0.178. The van der Waals surface area contributed by atoms with E-state index in [2.05, 4.69) is 43.0 Å². The molecular weight excluding hydrogens is 593 g/mol. The van der Waals surface area contributed by atoms with Gasteiger partial charge in [0.05, 0.1) is 23.8 Å². The Morgan fingerprint density at radius 2 is 1.34 bits per heavy atom. The zero-order valence-electron chi connectivity index (χ0n) is 20.0. The number of halogens is 9. The number of nitrogens with one attached hydrogen (secondary N) is 1. The first kappa shape index (κ1) is 36.4. The summed E-state index contributed by atoms with van der Waals surface area (Å²) in [4.78, 5) is 29.5. The number of carboxylic acids is 3. The Morgan fingerprint density at radius 3 is 1.73 bits per heavy atom. The number of carbonyl (C=O) groups is 3. The van der Waals surface area contributed by atoms with Crippen molar-refractivity contribution in [2.45, 2.75) is 31.5 Å². The number of imidazole rings is 1. The molecule has 1 aromatic heterocycles. The molecule has 1 aliphatic rings. The zero-order valence-corrected chi connectivity index (χ0v) is 20.0. The summed E-state index contributed by atoms with van der Waals surface area (Å²) in [6.07, 6.45) is -10.6. The minimum Gasteiger partial charge on any atom is -0.542 e. The SMILES string of the molecule is O=C([O-])C(F)(F)F.O=C([O-])C(F)(F)F.O=C([O-])C(F)(F)F.[NH3+]CCc1c[nH]c[n+]1Cc1ccccc1C1=NN=N[NH2+]1. The Bertz CT molecular complexity index is 1170. The highest BCUT2D eigenvalue weighted by molar-refractivity contribution is 5.92. The molecule has 3 rings (SSSR count). The Hall–Kier alpha value is -4.60. The van der Waals surface area contributed by atoms with Gasteiger partial charge in [-0.25, -0.2) is 9.55 Å². The molecule has 2 heterocycles. The van der Waals surface area contributed by atoms with E-state index >= 15 is 0 Å². The van der Waals surface area contributed by atoms with Crippen LogP contribution in [0, 0.1) is 0 Å². The number of nitrogens with zero attached hydrogens (tertiary/aromatic N) is 4. The number of hydrogen-bond acceptors (Lipinski definition) is 9. The van der Waals surface area contributed by atoms with Gasteiger partial charge in [0.25, 0.3) is 5.84 Å². The molecule has 6 N–H and O–H groups in total. The fourth-order valence-corrected chi connectivity index (χ4v) is 2.33. The van der Waals surface area contributed by atoms with E-state index in [9.17, 15) is 39.5 Å². The average molecular weight is 611 g/mol. The molecule has 0 saturated heterocycles. The Morgan fingerprint density at radius 1 is 0.878 bits per heavy atom. The first-order valence-corrected chi connectivity index (χ1v) is 10.3. The molecule has 0 spiro atoms. The van der Waals surface area contributed by atoms with Crippen molar-refractivity contribution in [1.82, 2.24) is 4.98 Å². The molecule has 0 radical (unpaired) electrons. The molecule has 1 aliphatic heterocycles. The number of carbonyl (C=O) groups excluding carboxylic acids is 3. The van der Waals surface area contributed by atoms with Crippen LogP contribution < -0.4 is 31.0 Å². The fraction of sp³-hybridized carbons (Fsp3) is 0.316. The van der Waals surface area contributed by atoms with Crippen molar-refractivity contribution >= 4 is 23.7 Å². The van der Waals surface area contributed by atoms with E-state index in [-0.39, 0.29) is 0 Å². The lowest BCUT2D eigenvalue weighted by atomic mass is 10.1. The minimum absolute atomic E-state index is 0.794. The lowest BCUT2D eigenvalue weighted by Gasteiger charge is -2.05. The van der Waals surface area contributed by atoms with Gasteiger partial charge in [-0.05, 0) is 6.07 Å². The second kappa shape index (κ2) is 15.9. The van der Waals surface area contributed by atoms with Crippen LogP contribution >= 0.6 is 0 Å². The lowest BCUT2D eigenvalue weighted by Crippen LogP contribution is -2.80. The van der Waals surface area contributed by atoms with Crippen molar-refractivity contribution in [3.8, 4) is 0 Å². The molecule has 0 saturated carbocycles. The van der Waals surface area contributed by atoms with Gasteiger partial charge in [-0.3, -0.25) is 0 Å². The summed E-state index contributed by atoms with van der Waals surface area (Å²) in [6.45, 7) is 1.68. The van der Waals surface area contributed by atoms with E-state index in [4.69, 9.17) is 29.7 Å². The van der Waals surface area contributed by atoms with Crippen LogP contribution in [-0.4, -0.2) is 53.8 Å². The van der Waals surface area contributed by atoms with Crippen LogP contribution in [0.2, 0.25) is 0 Å². The van der Waals surface area contributed by atoms with Gasteiger partial charge in [0.15, 0.2) is 0 Å². The first-order valence-electron chi connectivity index (χ1n) is 10.3. The highest BCUT2D eigenvalue weighted by Crippen LogP contribution is 2.13.